The summed E-state index contributed by atoms with van der Waals surface area (Å²) in [4.78, 5) is 10.3. The molecule has 92 valence electrons. The van der Waals surface area contributed by atoms with Crippen molar-refractivity contribution in [3.05, 3.63) is 41.5 Å². The van der Waals surface area contributed by atoms with E-state index in [0.717, 1.165) is 12.1 Å². The van der Waals surface area contributed by atoms with Crippen LogP contribution in [0.1, 0.15) is 16.7 Å². The smallest absolute Gasteiger partial charge is 0.416 e. The Morgan fingerprint density at radius 3 is 2.53 bits per heavy atom. The molecule has 0 saturated carbocycles. The van der Waals surface area contributed by atoms with E-state index in [9.17, 15) is 18.0 Å². The zero-order valence-corrected chi connectivity index (χ0v) is 8.71. The van der Waals surface area contributed by atoms with Crippen molar-refractivity contribution >= 4 is 12.2 Å². The number of hydrogen-bond acceptors (Lipinski definition) is 1. The van der Waals surface area contributed by atoms with Gasteiger partial charge >= 0.3 is 12.3 Å². The Labute approximate surface area is 95.6 Å². The molecular formula is C11H10F3NO2. The number of benzene rings is 1. The van der Waals surface area contributed by atoms with Gasteiger partial charge in [0.1, 0.15) is 0 Å². The number of halogens is 3. The van der Waals surface area contributed by atoms with Crippen molar-refractivity contribution in [1.29, 1.82) is 0 Å². The SMILES string of the molecule is C=Cc1cc(CNC(=O)O)cc(C(F)(F)F)c1. The van der Waals surface area contributed by atoms with Crippen LogP contribution in [0.15, 0.2) is 24.8 Å². The second-order valence-corrected chi connectivity index (χ2v) is 3.32. The lowest BCUT2D eigenvalue weighted by atomic mass is 10.1. The third-order valence-corrected chi connectivity index (χ3v) is 2.02. The summed E-state index contributed by atoms with van der Waals surface area (Å²) in [6.07, 6.45) is -4.47. The van der Waals surface area contributed by atoms with Gasteiger partial charge in [-0.15, -0.1) is 0 Å². The number of carboxylic acid groups (broad SMARTS) is 1. The van der Waals surface area contributed by atoms with Crippen molar-refractivity contribution < 1.29 is 23.1 Å². The van der Waals surface area contributed by atoms with E-state index >= 15 is 0 Å². The minimum absolute atomic E-state index is 0.180. The monoisotopic (exact) mass is 245 g/mol. The summed E-state index contributed by atoms with van der Waals surface area (Å²) in [5.41, 5.74) is -0.295. The van der Waals surface area contributed by atoms with E-state index in [-0.39, 0.29) is 12.1 Å². The van der Waals surface area contributed by atoms with Gasteiger partial charge in [0.15, 0.2) is 0 Å². The fourth-order valence-corrected chi connectivity index (χ4v) is 1.28. The highest BCUT2D eigenvalue weighted by Crippen LogP contribution is 2.30. The van der Waals surface area contributed by atoms with Gasteiger partial charge in [-0.2, -0.15) is 13.2 Å². The zero-order valence-electron chi connectivity index (χ0n) is 8.71. The van der Waals surface area contributed by atoms with E-state index in [1.54, 1.807) is 0 Å². The second kappa shape index (κ2) is 4.90. The highest BCUT2D eigenvalue weighted by Gasteiger charge is 2.30. The average Bonchev–Trinajstić information content (AvgIpc) is 2.24. The molecule has 6 heteroatoms. The minimum Gasteiger partial charge on any atom is -0.465 e. The average molecular weight is 245 g/mol. The molecule has 1 aromatic carbocycles. The zero-order chi connectivity index (χ0) is 13.1. The highest BCUT2D eigenvalue weighted by molar-refractivity contribution is 5.64. The number of rotatable bonds is 3. The van der Waals surface area contributed by atoms with Crippen molar-refractivity contribution in [2.75, 3.05) is 0 Å². The lowest BCUT2D eigenvalue weighted by molar-refractivity contribution is -0.137. The van der Waals surface area contributed by atoms with Crippen LogP contribution in [0.5, 0.6) is 0 Å². The Morgan fingerprint density at radius 1 is 1.41 bits per heavy atom. The van der Waals surface area contributed by atoms with Gasteiger partial charge in [-0.3, -0.25) is 0 Å². The van der Waals surface area contributed by atoms with Crippen LogP contribution >= 0.6 is 0 Å². The van der Waals surface area contributed by atoms with Gasteiger partial charge in [0.05, 0.1) is 5.56 Å². The molecule has 1 aromatic rings. The van der Waals surface area contributed by atoms with Crippen LogP contribution in [0, 0.1) is 0 Å². The van der Waals surface area contributed by atoms with Gasteiger partial charge in [0.25, 0.3) is 0 Å². The predicted molar refractivity (Wildman–Crippen MR) is 56.4 cm³/mol. The minimum atomic E-state index is -4.46. The van der Waals surface area contributed by atoms with Gasteiger partial charge in [-0.05, 0) is 29.3 Å². The molecule has 0 spiro atoms. The number of nitrogens with one attached hydrogen (secondary N) is 1. The van der Waals surface area contributed by atoms with Crippen LogP contribution < -0.4 is 5.32 Å². The standard InChI is InChI=1S/C11H10F3NO2/c1-2-7-3-8(6-15-10(16)17)5-9(4-7)11(12,13)14/h2-5,15H,1,6H2,(H,16,17). The van der Waals surface area contributed by atoms with E-state index in [1.807, 2.05) is 5.32 Å². The van der Waals surface area contributed by atoms with Crippen LogP contribution in [0.4, 0.5) is 18.0 Å². The fraction of sp³-hybridized carbons (Fsp3) is 0.182. The van der Waals surface area contributed by atoms with Crippen LogP contribution in [0.2, 0.25) is 0 Å². The first-order valence-electron chi connectivity index (χ1n) is 4.63. The molecule has 3 nitrogen and oxygen atoms in total. The summed E-state index contributed by atoms with van der Waals surface area (Å²) in [5, 5.41) is 10.4. The molecule has 17 heavy (non-hydrogen) atoms. The summed E-state index contributed by atoms with van der Waals surface area (Å²) in [6, 6.07) is 3.30. The van der Waals surface area contributed by atoms with Crippen LogP contribution in [-0.4, -0.2) is 11.2 Å². The van der Waals surface area contributed by atoms with E-state index < -0.39 is 17.8 Å². The Kier molecular flexibility index (Phi) is 3.77. The number of carbonyl (C=O) groups is 1. The number of alkyl halides is 3. The molecule has 0 heterocycles. The number of amides is 1. The molecule has 0 fully saturated rings. The molecule has 1 amide bonds. The molecule has 0 radical (unpaired) electrons. The molecule has 0 bridgehead atoms. The molecule has 2 N–H and O–H groups in total. The summed E-state index contributed by atoms with van der Waals surface area (Å²) >= 11 is 0. The Morgan fingerprint density at radius 2 is 2.06 bits per heavy atom. The van der Waals surface area contributed by atoms with E-state index in [4.69, 9.17) is 5.11 Å². The first-order valence-corrected chi connectivity index (χ1v) is 4.63. The summed E-state index contributed by atoms with van der Waals surface area (Å²) in [6.45, 7) is 3.21. The molecule has 0 aliphatic heterocycles. The van der Waals surface area contributed by atoms with E-state index in [0.29, 0.717) is 5.56 Å². The van der Waals surface area contributed by atoms with Gasteiger partial charge in [-0.1, -0.05) is 12.7 Å². The summed E-state index contributed by atoms with van der Waals surface area (Å²) in [7, 11) is 0. The highest BCUT2D eigenvalue weighted by atomic mass is 19.4. The normalized spacial score (nSPS) is 11.0. The summed E-state index contributed by atoms with van der Waals surface area (Å²) in [5.74, 6) is 0. The Bertz CT molecular complexity index is 441. The molecule has 1 rings (SSSR count). The van der Waals surface area contributed by atoms with E-state index in [2.05, 4.69) is 6.58 Å². The molecule has 0 aliphatic carbocycles. The first kappa shape index (κ1) is 13.1. The molecular weight excluding hydrogens is 235 g/mol. The van der Waals surface area contributed by atoms with Crippen molar-refractivity contribution in [3.8, 4) is 0 Å². The van der Waals surface area contributed by atoms with Gasteiger partial charge < -0.3 is 10.4 Å². The van der Waals surface area contributed by atoms with Crippen molar-refractivity contribution in [3.63, 3.8) is 0 Å². The van der Waals surface area contributed by atoms with Crippen molar-refractivity contribution in [2.45, 2.75) is 12.7 Å². The maximum absolute atomic E-state index is 12.5. The second-order valence-electron chi connectivity index (χ2n) is 3.32. The fourth-order valence-electron chi connectivity index (χ4n) is 1.28. The molecule has 0 atom stereocenters. The van der Waals surface area contributed by atoms with Gasteiger partial charge in [0, 0.05) is 6.54 Å². The van der Waals surface area contributed by atoms with Crippen LogP contribution in [0.3, 0.4) is 0 Å². The van der Waals surface area contributed by atoms with Crippen LogP contribution in [0.25, 0.3) is 6.08 Å². The largest absolute Gasteiger partial charge is 0.465 e. The molecule has 0 aliphatic rings. The predicted octanol–water partition coefficient (Wildman–Crippen LogP) is 3.12. The molecule has 0 aromatic heterocycles. The maximum atomic E-state index is 12.5. The first-order chi connectivity index (χ1) is 7.82. The number of hydrogen-bond donors (Lipinski definition) is 2. The van der Waals surface area contributed by atoms with Gasteiger partial charge in [-0.25, -0.2) is 4.79 Å². The van der Waals surface area contributed by atoms with Crippen LogP contribution in [-0.2, 0) is 12.7 Å². The quantitative estimate of drug-likeness (QED) is 0.859. The lowest BCUT2D eigenvalue weighted by Crippen LogP contribution is -2.20. The lowest BCUT2D eigenvalue weighted by Gasteiger charge is -2.10. The Balaban J connectivity index is 3.05. The van der Waals surface area contributed by atoms with Crippen molar-refractivity contribution in [2.24, 2.45) is 0 Å². The van der Waals surface area contributed by atoms with E-state index in [1.165, 1.54) is 12.1 Å². The summed E-state index contributed by atoms with van der Waals surface area (Å²) < 4.78 is 37.5. The molecule has 0 unspecified atom stereocenters. The third kappa shape index (κ3) is 3.82. The molecule has 0 saturated heterocycles. The van der Waals surface area contributed by atoms with Gasteiger partial charge in [0.2, 0.25) is 0 Å². The third-order valence-electron chi connectivity index (χ3n) is 2.02. The Hall–Kier alpha value is -1.98. The topological polar surface area (TPSA) is 49.3 Å². The van der Waals surface area contributed by atoms with Crippen molar-refractivity contribution in [1.82, 2.24) is 5.32 Å². The maximum Gasteiger partial charge on any atom is 0.416 e.